The Morgan fingerprint density at radius 2 is 1.80 bits per heavy atom. The van der Waals surface area contributed by atoms with Gasteiger partial charge in [0.2, 0.25) is 0 Å². The van der Waals surface area contributed by atoms with E-state index in [0.717, 1.165) is 24.8 Å². The molecule has 0 aliphatic rings. The lowest BCUT2D eigenvalue weighted by atomic mass is 10.0. The first kappa shape index (κ1) is 17.0. The molecule has 1 aromatic carbocycles. The summed E-state index contributed by atoms with van der Waals surface area (Å²) in [7, 11) is 4.23. The number of hydrogen-bond donors (Lipinski definition) is 1. The van der Waals surface area contributed by atoms with Crippen LogP contribution in [-0.2, 0) is 0 Å². The monoisotopic (exact) mass is 278 g/mol. The van der Waals surface area contributed by atoms with Gasteiger partial charge in [-0.1, -0.05) is 32.4 Å². The molecule has 20 heavy (non-hydrogen) atoms. The molecular weight excluding hydrogens is 248 g/mol. The van der Waals surface area contributed by atoms with E-state index >= 15 is 0 Å². The van der Waals surface area contributed by atoms with Crippen molar-refractivity contribution in [2.24, 2.45) is 5.92 Å². The van der Waals surface area contributed by atoms with Crippen LogP contribution in [0.5, 0.6) is 5.75 Å². The predicted octanol–water partition coefficient (Wildman–Crippen LogP) is 3.32. The van der Waals surface area contributed by atoms with Crippen molar-refractivity contribution in [3.05, 3.63) is 29.8 Å². The van der Waals surface area contributed by atoms with Crippen LogP contribution in [0.25, 0.3) is 0 Å². The maximum absolute atomic E-state index is 5.49. The van der Waals surface area contributed by atoms with Crippen LogP contribution in [-0.4, -0.2) is 38.7 Å². The molecule has 0 aromatic heterocycles. The van der Waals surface area contributed by atoms with Crippen LogP contribution in [0.4, 0.5) is 0 Å². The third-order valence-corrected chi connectivity index (χ3v) is 3.76. The topological polar surface area (TPSA) is 24.5 Å². The average Bonchev–Trinajstić information content (AvgIpc) is 2.46. The first-order valence-corrected chi connectivity index (χ1v) is 7.69. The Labute approximate surface area is 124 Å². The smallest absolute Gasteiger partial charge is 0.119 e. The van der Waals surface area contributed by atoms with E-state index in [9.17, 15) is 0 Å². The van der Waals surface area contributed by atoms with Gasteiger partial charge in [0.1, 0.15) is 5.75 Å². The van der Waals surface area contributed by atoms with Crippen molar-refractivity contribution >= 4 is 0 Å². The summed E-state index contributed by atoms with van der Waals surface area (Å²) in [5.41, 5.74) is 1.31. The van der Waals surface area contributed by atoms with Crippen LogP contribution in [0.2, 0.25) is 0 Å². The van der Waals surface area contributed by atoms with Crippen molar-refractivity contribution < 1.29 is 4.74 Å². The van der Waals surface area contributed by atoms with Crippen molar-refractivity contribution in [3.8, 4) is 5.75 Å². The molecule has 0 bridgehead atoms. The Bertz CT molecular complexity index is 364. The number of nitrogens with one attached hydrogen (secondary N) is 1. The summed E-state index contributed by atoms with van der Waals surface area (Å²) in [4.78, 5) is 2.41. The second-order valence-corrected chi connectivity index (χ2v) is 5.58. The molecule has 1 rings (SSSR count). The van der Waals surface area contributed by atoms with Crippen molar-refractivity contribution in [2.75, 3.05) is 33.8 Å². The maximum Gasteiger partial charge on any atom is 0.119 e. The van der Waals surface area contributed by atoms with E-state index in [4.69, 9.17) is 4.74 Å². The molecule has 2 atom stereocenters. The Morgan fingerprint density at radius 1 is 1.15 bits per heavy atom. The van der Waals surface area contributed by atoms with E-state index in [1.165, 1.54) is 12.0 Å². The molecule has 3 heteroatoms. The highest BCUT2D eigenvalue weighted by atomic mass is 16.5. The van der Waals surface area contributed by atoms with Crippen molar-refractivity contribution in [1.29, 1.82) is 0 Å². The molecule has 0 aliphatic carbocycles. The highest BCUT2D eigenvalue weighted by Crippen LogP contribution is 2.19. The van der Waals surface area contributed by atoms with Crippen LogP contribution in [0, 0.1) is 5.92 Å². The van der Waals surface area contributed by atoms with Crippen LogP contribution in [0.15, 0.2) is 24.3 Å². The maximum atomic E-state index is 5.49. The number of benzene rings is 1. The molecule has 1 N–H and O–H groups in total. The Kier molecular flexibility index (Phi) is 7.63. The zero-order valence-corrected chi connectivity index (χ0v) is 13.6. The average molecular weight is 278 g/mol. The molecule has 0 saturated carbocycles. The van der Waals surface area contributed by atoms with E-state index in [1.807, 2.05) is 14.0 Å². The third kappa shape index (κ3) is 5.51. The number of ether oxygens (including phenoxy) is 1. The molecule has 0 amide bonds. The zero-order chi connectivity index (χ0) is 15.0. The molecule has 0 saturated heterocycles. The predicted molar refractivity (Wildman–Crippen MR) is 86.4 cm³/mol. The van der Waals surface area contributed by atoms with E-state index in [1.54, 1.807) is 0 Å². The minimum Gasteiger partial charge on any atom is -0.494 e. The summed E-state index contributed by atoms with van der Waals surface area (Å²) in [5, 5.41) is 3.41. The minimum atomic E-state index is 0.361. The Morgan fingerprint density at radius 3 is 2.30 bits per heavy atom. The second kappa shape index (κ2) is 8.98. The minimum absolute atomic E-state index is 0.361. The quantitative estimate of drug-likeness (QED) is 0.750. The van der Waals surface area contributed by atoms with E-state index in [0.29, 0.717) is 12.6 Å². The summed E-state index contributed by atoms with van der Waals surface area (Å²) in [6.07, 6.45) is 1.23. The first-order chi connectivity index (χ1) is 9.60. The van der Waals surface area contributed by atoms with Crippen molar-refractivity contribution in [1.82, 2.24) is 10.2 Å². The fourth-order valence-corrected chi connectivity index (χ4v) is 2.37. The van der Waals surface area contributed by atoms with E-state index in [-0.39, 0.29) is 0 Å². The van der Waals surface area contributed by atoms with E-state index in [2.05, 4.69) is 55.4 Å². The standard InChI is InChI=1S/C17H30N2O/c1-6-14(3)12-19(5)13-17(18-4)15-8-10-16(11-9-15)20-7-2/h8-11,14,17-18H,6-7,12-13H2,1-5H3. The lowest BCUT2D eigenvalue weighted by Crippen LogP contribution is -2.33. The highest BCUT2D eigenvalue weighted by Gasteiger charge is 2.13. The SMILES string of the molecule is CCOc1ccc(C(CN(C)CC(C)CC)NC)cc1. The fourth-order valence-electron chi connectivity index (χ4n) is 2.37. The van der Waals surface area contributed by atoms with Gasteiger partial charge in [0.25, 0.3) is 0 Å². The van der Waals surface area contributed by atoms with Gasteiger partial charge in [0, 0.05) is 19.1 Å². The van der Waals surface area contributed by atoms with Crippen LogP contribution in [0.3, 0.4) is 0 Å². The number of rotatable bonds is 9. The Hall–Kier alpha value is -1.06. The molecule has 0 aliphatic heterocycles. The molecule has 0 fully saturated rings. The number of nitrogens with zero attached hydrogens (tertiary/aromatic N) is 1. The summed E-state index contributed by atoms with van der Waals surface area (Å²) in [6, 6.07) is 8.78. The van der Waals surface area contributed by atoms with Crippen molar-refractivity contribution in [2.45, 2.75) is 33.2 Å². The molecule has 2 unspecified atom stereocenters. The summed E-state index contributed by atoms with van der Waals surface area (Å²) in [6.45, 7) is 9.45. The normalized spacial score (nSPS) is 14.3. The third-order valence-electron chi connectivity index (χ3n) is 3.76. The van der Waals surface area contributed by atoms with Gasteiger partial charge in [0.05, 0.1) is 6.61 Å². The van der Waals surface area contributed by atoms with Gasteiger partial charge in [-0.3, -0.25) is 0 Å². The fraction of sp³-hybridized carbons (Fsp3) is 0.647. The molecule has 0 heterocycles. The van der Waals surface area contributed by atoms with Gasteiger partial charge in [-0.25, -0.2) is 0 Å². The summed E-state index contributed by atoms with van der Waals surface area (Å²) >= 11 is 0. The summed E-state index contributed by atoms with van der Waals surface area (Å²) < 4.78 is 5.49. The molecular formula is C17H30N2O. The second-order valence-electron chi connectivity index (χ2n) is 5.58. The van der Waals surface area contributed by atoms with Gasteiger partial charge < -0.3 is 15.0 Å². The van der Waals surface area contributed by atoms with Crippen molar-refractivity contribution in [3.63, 3.8) is 0 Å². The van der Waals surface area contributed by atoms with Crippen LogP contribution in [0.1, 0.15) is 38.8 Å². The van der Waals surface area contributed by atoms with E-state index < -0.39 is 0 Å². The number of likely N-dealkylation sites (N-methyl/N-ethyl adjacent to an activating group) is 2. The van der Waals surface area contributed by atoms with Crippen LogP contribution < -0.4 is 10.1 Å². The lowest BCUT2D eigenvalue weighted by molar-refractivity contribution is 0.256. The summed E-state index contributed by atoms with van der Waals surface area (Å²) in [5.74, 6) is 1.69. The molecule has 0 radical (unpaired) electrons. The number of hydrogen-bond acceptors (Lipinski definition) is 3. The molecule has 114 valence electrons. The van der Waals surface area contributed by atoms with Gasteiger partial charge in [-0.2, -0.15) is 0 Å². The van der Waals surface area contributed by atoms with Gasteiger partial charge in [-0.05, 0) is 44.6 Å². The highest BCUT2D eigenvalue weighted by molar-refractivity contribution is 5.29. The van der Waals surface area contributed by atoms with Gasteiger partial charge >= 0.3 is 0 Å². The lowest BCUT2D eigenvalue weighted by Gasteiger charge is -2.26. The molecule has 1 aromatic rings. The molecule has 3 nitrogen and oxygen atoms in total. The Balaban J connectivity index is 2.60. The van der Waals surface area contributed by atoms with Gasteiger partial charge in [0.15, 0.2) is 0 Å². The first-order valence-electron chi connectivity index (χ1n) is 7.69. The van der Waals surface area contributed by atoms with Gasteiger partial charge in [-0.15, -0.1) is 0 Å². The van der Waals surface area contributed by atoms with Crippen LogP contribution >= 0.6 is 0 Å². The zero-order valence-electron chi connectivity index (χ0n) is 13.6. The largest absolute Gasteiger partial charge is 0.494 e. The molecule has 0 spiro atoms.